The molecule has 1 aromatic carbocycles. The molecule has 0 spiro atoms. The molecule has 0 saturated heterocycles. The summed E-state index contributed by atoms with van der Waals surface area (Å²) in [5, 5.41) is 11.9. The monoisotopic (exact) mass is 290 g/mol. The molecule has 5 heteroatoms. The second kappa shape index (κ2) is 6.52. The molecule has 1 heterocycles. The zero-order valence-electron chi connectivity index (χ0n) is 11.6. The third-order valence-electron chi connectivity index (χ3n) is 3.27. The van der Waals surface area contributed by atoms with Crippen LogP contribution >= 0.6 is 11.3 Å². The van der Waals surface area contributed by atoms with E-state index in [0.717, 1.165) is 16.3 Å². The normalized spacial score (nSPS) is 12.1. The van der Waals surface area contributed by atoms with Gasteiger partial charge >= 0.3 is 5.97 Å². The molecular weight excluding hydrogens is 272 g/mol. The second-order valence-corrected chi connectivity index (χ2v) is 5.60. The lowest BCUT2D eigenvalue weighted by Crippen LogP contribution is -2.29. The van der Waals surface area contributed by atoms with Gasteiger partial charge < -0.3 is 10.0 Å². The third kappa shape index (κ3) is 3.36. The second-order valence-electron chi connectivity index (χ2n) is 4.67. The van der Waals surface area contributed by atoms with Gasteiger partial charge in [-0.3, -0.25) is 4.79 Å². The first kappa shape index (κ1) is 14.5. The topological polar surface area (TPSA) is 53.4 Å². The van der Waals surface area contributed by atoms with Crippen molar-refractivity contribution >= 4 is 23.0 Å². The number of rotatable bonds is 6. The van der Waals surface area contributed by atoms with E-state index in [1.54, 1.807) is 17.5 Å². The number of aromatic nitrogens is 1. The molecule has 2 rings (SSSR count). The zero-order valence-corrected chi connectivity index (χ0v) is 12.4. The smallest absolute Gasteiger partial charge is 0.305 e. The Hall–Kier alpha value is -1.88. The minimum atomic E-state index is -0.782. The zero-order chi connectivity index (χ0) is 14.5. The quantitative estimate of drug-likeness (QED) is 0.884. The minimum absolute atomic E-state index is 0.0652. The Bertz CT molecular complexity index is 569. The van der Waals surface area contributed by atoms with E-state index in [1.165, 1.54) is 0 Å². The van der Waals surface area contributed by atoms with Gasteiger partial charge in [0.2, 0.25) is 0 Å². The highest BCUT2D eigenvalue weighted by molar-refractivity contribution is 7.09. The van der Waals surface area contributed by atoms with Crippen LogP contribution < -0.4 is 4.90 Å². The van der Waals surface area contributed by atoms with E-state index in [4.69, 9.17) is 5.11 Å². The first-order valence-corrected chi connectivity index (χ1v) is 7.41. The number of thiazole rings is 1. The van der Waals surface area contributed by atoms with Crippen LogP contribution in [0.25, 0.3) is 0 Å². The van der Waals surface area contributed by atoms with Crippen LogP contribution in [0.5, 0.6) is 0 Å². The summed E-state index contributed by atoms with van der Waals surface area (Å²) in [6.45, 7) is 4.58. The van der Waals surface area contributed by atoms with Crippen LogP contribution in [-0.4, -0.2) is 22.6 Å². The number of hydrogen-bond donors (Lipinski definition) is 1. The van der Waals surface area contributed by atoms with Gasteiger partial charge in [-0.05, 0) is 25.5 Å². The Kier molecular flexibility index (Phi) is 4.74. The number of aryl methyl sites for hydroxylation is 1. The number of nitrogens with zero attached hydrogens (tertiary/aromatic N) is 2. The number of hydrogen-bond acceptors (Lipinski definition) is 4. The lowest BCUT2D eigenvalue weighted by Gasteiger charge is -2.31. The van der Waals surface area contributed by atoms with Crippen molar-refractivity contribution in [3.63, 3.8) is 0 Å². The standard InChI is InChI=1S/C15H18N2O2S/c1-11-5-3-4-6-13(11)17(9-7-14(18)19)12(2)15-16-8-10-20-15/h3-6,8,10,12H,7,9H2,1-2H3,(H,18,19). The summed E-state index contributed by atoms with van der Waals surface area (Å²) in [6, 6.07) is 8.10. The van der Waals surface area contributed by atoms with Crippen molar-refractivity contribution in [3.05, 3.63) is 46.4 Å². The molecule has 106 valence electrons. The van der Waals surface area contributed by atoms with E-state index in [-0.39, 0.29) is 12.5 Å². The van der Waals surface area contributed by atoms with E-state index in [1.807, 2.05) is 36.6 Å². The minimum Gasteiger partial charge on any atom is -0.481 e. The Balaban J connectivity index is 2.29. The molecule has 1 N–H and O–H groups in total. The van der Waals surface area contributed by atoms with E-state index >= 15 is 0 Å². The summed E-state index contributed by atoms with van der Waals surface area (Å²) in [5.41, 5.74) is 2.21. The number of anilines is 1. The lowest BCUT2D eigenvalue weighted by molar-refractivity contribution is -0.136. The van der Waals surface area contributed by atoms with Crippen molar-refractivity contribution in [3.8, 4) is 0 Å². The largest absolute Gasteiger partial charge is 0.481 e. The van der Waals surface area contributed by atoms with Gasteiger partial charge in [-0.2, -0.15) is 0 Å². The van der Waals surface area contributed by atoms with Crippen molar-refractivity contribution in [1.29, 1.82) is 0 Å². The molecule has 0 aliphatic heterocycles. The first-order chi connectivity index (χ1) is 9.59. The number of carboxylic acids is 1. The van der Waals surface area contributed by atoms with E-state index in [2.05, 4.69) is 16.8 Å². The van der Waals surface area contributed by atoms with Crippen LogP contribution in [0.4, 0.5) is 5.69 Å². The van der Waals surface area contributed by atoms with Crippen LogP contribution in [0.1, 0.15) is 30.0 Å². The molecule has 0 aliphatic rings. The van der Waals surface area contributed by atoms with E-state index in [9.17, 15) is 4.79 Å². The molecule has 1 atom stereocenters. The molecule has 0 bridgehead atoms. The third-order valence-corrected chi connectivity index (χ3v) is 4.21. The predicted molar refractivity (Wildman–Crippen MR) is 81.3 cm³/mol. The fourth-order valence-electron chi connectivity index (χ4n) is 2.20. The van der Waals surface area contributed by atoms with Crippen molar-refractivity contribution in [2.24, 2.45) is 0 Å². The molecule has 2 aromatic rings. The maximum Gasteiger partial charge on any atom is 0.305 e. The summed E-state index contributed by atoms with van der Waals surface area (Å²) < 4.78 is 0. The van der Waals surface area contributed by atoms with E-state index in [0.29, 0.717) is 6.54 Å². The van der Waals surface area contributed by atoms with Gasteiger partial charge in [-0.15, -0.1) is 11.3 Å². The Morgan fingerprint density at radius 2 is 2.20 bits per heavy atom. The van der Waals surface area contributed by atoms with Crippen LogP contribution in [0.15, 0.2) is 35.8 Å². The summed E-state index contributed by atoms with van der Waals surface area (Å²) in [4.78, 5) is 17.4. The molecule has 20 heavy (non-hydrogen) atoms. The Morgan fingerprint density at radius 1 is 1.45 bits per heavy atom. The molecule has 0 aliphatic carbocycles. The maximum atomic E-state index is 10.9. The van der Waals surface area contributed by atoms with Gasteiger partial charge in [0, 0.05) is 23.8 Å². The van der Waals surface area contributed by atoms with Crippen molar-refractivity contribution in [2.75, 3.05) is 11.4 Å². The highest BCUT2D eigenvalue weighted by atomic mass is 32.1. The number of benzene rings is 1. The number of carbonyl (C=O) groups is 1. The predicted octanol–water partition coefficient (Wildman–Crippen LogP) is 3.49. The molecule has 0 radical (unpaired) electrons. The SMILES string of the molecule is Cc1ccccc1N(CCC(=O)O)C(C)c1nccs1. The molecule has 1 unspecified atom stereocenters. The molecule has 0 amide bonds. The van der Waals surface area contributed by atoms with Gasteiger partial charge in [0.1, 0.15) is 5.01 Å². The van der Waals surface area contributed by atoms with Crippen molar-refractivity contribution < 1.29 is 9.90 Å². The molecule has 0 fully saturated rings. The summed E-state index contributed by atoms with van der Waals surface area (Å²) in [6.07, 6.45) is 1.90. The van der Waals surface area contributed by atoms with Crippen LogP contribution in [0.2, 0.25) is 0 Å². The highest BCUT2D eigenvalue weighted by Crippen LogP contribution is 2.30. The molecular formula is C15H18N2O2S. The highest BCUT2D eigenvalue weighted by Gasteiger charge is 2.20. The fourth-order valence-corrected chi connectivity index (χ4v) is 2.91. The lowest BCUT2D eigenvalue weighted by atomic mass is 10.1. The summed E-state index contributed by atoms with van der Waals surface area (Å²) >= 11 is 1.59. The number of para-hydroxylation sites is 1. The van der Waals surface area contributed by atoms with Gasteiger partial charge in [-0.25, -0.2) is 4.98 Å². The van der Waals surface area contributed by atoms with E-state index < -0.39 is 5.97 Å². The van der Waals surface area contributed by atoms with Crippen LogP contribution in [-0.2, 0) is 4.79 Å². The van der Waals surface area contributed by atoms with Crippen molar-refractivity contribution in [2.45, 2.75) is 26.3 Å². The van der Waals surface area contributed by atoms with Crippen LogP contribution in [0, 0.1) is 6.92 Å². The first-order valence-electron chi connectivity index (χ1n) is 6.53. The van der Waals surface area contributed by atoms with Crippen molar-refractivity contribution in [1.82, 2.24) is 4.98 Å². The Morgan fingerprint density at radius 3 is 2.80 bits per heavy atom. The molecule has 1 aromatic heterocycles. The average molecular weight is 290 g/mol. The van der Waals surface area contributed by atoms with Gasteiger partial charge in [0.25, 0.3) is 0 Å². The average Bonchev–Trinajstić information content (AvgIpc) is 2.94. The molecule has 4 nitrogen and oxygen atoms in total. The maximum absolute atomic E-state index is 10.9. The summed E-state index contributed by atoms with van der Waals surface area (Å²) in [5.74, 6) is -0.782. The number of aliphatic carboxylic acids is 1. The fraction of sp³-hybridized carbons (Fsp3) is 0.333. The summed E-state index contributed by atoms with van der Waals surface area (Å²) in [7, 11) is 0. The van der Waals surface area contributed by atoms with Gasteiger partial charge in [-0.1, -0.05) is 18.2 Å². The van der Waals surface area contributed by atoms with Gasteiger partial charge in [0.15, 0.2) is 0 Å². The molecule has 0 saturated carbocycles. The number of carboxylic acid groups (broad SMARTS) is 1. The van der Waals surface area contributed by atoms with Gasteiger partial charge in [0.05, 0.1) is 12.5 Å². The Labute approximate surface area is 122 Å². The van der Waals surface area contributed by atoms with Crippen LogP contribution in [0.3, 0.4) is 0 Å².